The molecule has 0 fully saturated rings. The lowest BCUT2D eigenvalue weighted by Crippen LogP contribution is -2.13. The fourth-order valence-corrected chi connectivity index (χ4v) is 1.36. The van der Waals surface area contributed by atoms with Crippen molar-refractivity contribution in [2.75, 3.05) is 13.2 Å². The molecule has 0 saturated carbocycles. The predicted octanol–water partition coefficient (Wildman–Crippen LogP) is 2.10. The summed E-state index contributed by atoms with van der Waals surface area (Å²) in [7, 11) is 0. The highest BCUT2D eigenvalue weighted by molar-refractivity contribution is 5.91. The number of benzene rings is 1. The van der Waals surface area contributed by atoms with E-state index in [0.717, 1.165) is 18.2 Å². The van der Waals surface area contributed by atoms with Crippen LogP contribution >= 0.6 is 0 Å². The predicted molar refractivity (Wildman–Crippen MR) is 66.6 cm³/mol. The lowest BCUT2D eigenvalue weighted by molar-refractivity contribution is -0.384. The molecule has 1 rings (SSSR count). The van der Waals surface area contributed by atoms with Gasteiger partial charge in [0.15, 0.2) is 0 Å². The molecule has 0 amide bonds. The van der Waals surface area contributed by atoms with Crippen molar-refractivity contribution in [3.8, 4) is 5.75 Å². The number of nitro benzene ring substituents is 1. The molecule has 0 unspecified atom stereocenters. The Morgan fingerprint density at radius 1 is 1.42 bits per heavy atom. The second kappa shape index (κ2) is 6.69. The summed E-state index contributed by atoms with van der Waals surface area (Å²) in [4.78, 5) is 21.0. The lowest BCUT2D eigenvalue weighted by atomic mass is 10.2. The van der Waals surface area contributed by atoms with Crippen LogP contribution in [-0.4, -0.2) is 35.3 Å². The fraction of sp³-hybridized carbons (Fsp3) is 0.417. The number of carboxylic acids is 1. The molecule has 19 heavy (non-hydrogen) atoms. The van der Waals surface area contributed by atoms with Crippen LogP contribution in [0.3, 0.4) is 0 Å². The normalized spacial score (nSPS) is 10.5. The Labute approximate surface area is 109 Å². The standard InChI is InChI=1S/C12H15NO6/c1-8(2)18-5-6-19-11-7-9(13(16)17)3-4-10(11)12(14)15/h3-4,7-8H,5-6H2,1-2H3,(H,14,15). The molecular formula is C12H15NO6. The van der Waals surface area contributed by atoms with Crippen LogP contribution in [0.4, 0.5) is 5.69 Å². The van der Waals surface area contributed by atoms with Gasteiger partial charge in [-0.1, -0.05) is 0 Å². The number of rotatable bonds is 7. The monoisotopic (exact) mass is 269 g/mol. The van der Waals surface area contributed by atoms with Crippen molar-refractivity contribution in [2.45, 2.75) is 20.0 Å². The molecule has 0 bridgehead atoms. The molecule has 0 atom stereocenters. The molecule has 1 aromatic rings. The van der Waals surface area contributed by atoms with Gasteiger partial charge in [0, 0.05) is 6.07 Å². The van der Waals surface area contributed by atoms with Crippen molar-refractivity contribution in [3.63, 3.8) is 0 Å². The minimum atomic E-state index is -1.20. The summed E-state index contributed by atoms with van der Waals surface area (Å²) >= 11 is 0. The van der Waals surface area contributed by atoms with Gasteiger partial charge in [0.25, 0.3) is 5.69 Å². The molecule has 7 heteroatoms. The van der Waals surface area contributed by atoms with Gasteiger partial charge in [-0.15, -0.1) is 0 Å². The van der Waals surface area contributed by atoms with E-state index in [4.69, 9.17) is 14.6 Å². The van der Waals surface area contributed by atoms with E-state index in [0.29, 0.717) is 0 Å². The van der Waals surface area contributed by atoms with E-state index in [1.165, 1.54) is 0 Å². The number of aromatic carboxylic acids is 1. The van der Waals surface area contributed by atoms with Gasteiger partial charge in [-0.3, -0.25) is 10.1 Å². The molecule has 1 N–H and O–H groups in total. The maximum Gasteiger partial charge on any atom is 0.339 e. The topological polar surface area (TPSA) is 98.9 Å². The van der Waals surface area contributed by atoms with Gasteiger partial charge in [-0.25, -0.2) is 4.79 Å². The van der Waals surface area contributed by atoms with Crippen LogP contribution in [-0.2, 0) is 4.74 Å². The number of hydrogen-bond donors (Lipinski definition) is 1. The third kappa shape index (κ3) is 4.55. The zero-order chi connectivity index (χ0) is 14.4. The van der Waals surface area contributed by atoms with Crippen molar-refractivity contribution < 1.29 is 24.3 Å². The van der Waals surface area contributed by atoms with Gasteiger partial charge in [-0.05, 0) is 19.9 Å². The van der Waals surface area contributed by atoms with E-state index in [2.05, 4.69) is 0 Å². The summed E-state index contributed by atoms with van der Waals surface area (Å²) in [5.41, 5.74) is -0.333. The Morgan fingerprint density at radius 3 is 2.63 bits per heavy atom. The SMILES string of the molecule is CC(C)OCCOc1cc([N+](=O)[O-])ccc1C(=O)O. The van der Waals surface area contributed by atoms with E-state index < -0.39 is 10.9 Å². The third-order valence-electron chi connectivity index (χ3n) is 2.20. The second-order valence-corrected chi connectivity index (χ2v) is 4.01. The summed E-state index contributed by atoms with van der Waals surface area (Å²) in [6, 6.07) is 3.37. The maximum absolute atomic E-state index is 11.0. The van der Waals surface area contributed by atoms with Gasteiger partial charge in [0.2, 0.25) is 0 Å². The highest BCUT2D eigenvalue weighted by Crippen LogP contribution is 2.24. The summed E-state index contributed by atoms with van der Waals surface area (Å²) in [6.45, 7) is 4.12. The molecule has 0 aliphatic heterocycles. The van der Waals surface area contributed by atoms with Crippen LogP contribution in [0.15, 0.2) is 18.2 Å². The van der Waals surface area contributed by atoms with Crippen LogP contribution in [0.2, 0.25) is 0 Å². The quantitative estimate of drug-likeness (QED) is 0.462. The number of carboxylic acid groups (broad SMARTS) is 1. The molecular weight excluding hydrogens is 254 g/mol. The zero-order valence-corrected chi connectivity index (χ0v) is 10.7. The maximum atomic E-state index is 11.0. The van der Waals surface area contributed by atoms with Crippen LogP contribution in [0.5, 0.6) is 5.75 Å². The second-order valence-electron chi connectivity index (χ2n) is 4.01. The first-order chi connectivity index (χ1) is 8.91. The molecule has 0 aliphatic carbocycles. The number of nitrogens with zero attached hydrogens (tertiary/aromatic N) is 1. The van der Waals surface area contributed by atoms with Gasteiger partial charge in [-0.2, -0.15) is 0 Å². The molecule has 0 aromatic heterocycles. The van der Waals surface area contributed by atoms with E-state index in [1.54, 1.807) is 0 Å². The van der Waals surface area contributed by atoms with Crippen molar-refractivity contribution in [3.05, 3.63) is 33.9 Å². The minimum Gasteiger partial charge on any atom is -0.490 e. The average molecular weight is 269 g/mol. The average Bonchev–Trinajstić information content (AvgIpc) is 2.33. The Kier molecular flexibility index (Phi) is 5.25. The Balaban J connectivity index is 2.80. The van der Waals surface area contributed by atoms with Gasteiger partial charge in [0.05, 0.1) is 23.7 Å². The lowest BCUT2D eigenvalue weighted by Gasteiger charge is -2.10. The minimum absolute atomic E-state index is 0.0333. The highest BCUT2D eigenvalue weighted by Gasteiger charge is 2.16. The first-order valence-corrected chi connectivity index (χ1v) is 5.68. The van der Waals surface area contributed by atoms with Crippen molar-refractivity contribution in [2.24, 2.45) is 0 Å². The number of nitro groups is 1. The third-order valence-corrected chi connectivity index (χ3v) is 2.20. The van der Waals surface area contributed by atoms with E-state index in [-0.39, 0.29) is 36.3 Å². The Bertz CT molecular complexity index is 471. The Hall–Kier alpha value is -2.15. The first-order valence-electron chi connectivity index (χ1n) is 5.68. The van der Waals surface area contributed by atoms with E-state index in [9.17, 15) is 14.9 Å². The number of non-ortho nitro benzene ring substituents is 1. The smallest absolute Gasteiger partial charge is 0.339 e. The van der Waals surface area contributed by atoms with Crippen LogP contribution < -0.4 is 4.74 Å². The molecule has 0 aliphatic rings. The number of hydrogen-bond acceptors (Lipinski definition) is 5. The summed E-state index contributed by atoms with van der Waals surface area (Å²) in [5, 5.41) is 19.6. The first kappa shape index (κ1) is 14.9. The number of carbonyl (C=O) groups is 1. The molecule has 0 heterocycles. The molecule has 7 nitrogen and oxygen atoms in total. The van der Waals surface area contributed by atoms with Crippen LogP contribution in [0.25, 0.3) is 0 Å². The van der Waals surface area contributed by atoms with Crippen molar-refractivity contribution >= 4 is 11.7 Å². The van der Waals surface area contributed by atoms with E-state index >= 15 is 0 Å². The molecule has 0 spiro atoms. The fourth-order valence-electron chi connectivity index (χ4n) is 1.36. The molecule has 1 aromatic carbocycles. The van der Waals surface area contributed by atoms with Crippen LogP contribution in [0.1, 0.15) is 24.2 Å². The van der Waals surface area contributed by atoms with Gasteiger partial charge in [0.1, 0.15) is 17.9 Å². The summed E-state index contributed by atoms with van der Waals surface area (Å²) in [5.74, 6) is -1.23. The van der Waals surface area contributed by atoms with Gasteiger partial charge >= 0.3 is 5.97 Å². The Morgan fingerprint density at radius 2 is 2.11 bits per heavy atom. The van der Waals surface area contributed by atoms with Crippen molar-refractivity contribution in [1.29, 1.82) is 0 Å². The van der Waals surface area contributed by atoms with Gasteiger partial charge < -0.3 is 14.6 Å². The highest BCUT2D eigenvalue weighted by atomic mass is 16.6. The summed E-state index contributed by atoms with van der Waals surface area (Å²) < 4.78 is 10.5. The van der Waals surface area contributed by atoms with E-state index in [1.807, 2.05) is 13.8 Å². The van der Waals surface area contributed by atoms with Crippen molar-refractivity contribution in [1.82, 2.24) is 0 Å². The zero-order valence-electron chi connectivity index (χ0n) is 10.7. The summed E-state index contributed by atoms with van der Waals surface area (Å²) in [6.07, 6.45) is 0.0349. The molecule has 104 valence electrons. The number of ether oxygens (including phenoxy) is 2. The van der Waals surface area contributed by atoms with Crippen LogP contribution in [0, 0.1) is 10.1 Å². The molecule has 0 radical (unpaired) electrons. The largest absolute Gasteiger partial charge is 0.490 e. The molecule has 0 saturated heterocycles.